The summed E-state index contributed by atoms with van der Waals surface area (Å²) in [6.45, 7) is 0.127. The molecule has 0 aliphatic carbocycles. The van der Waals surface area contributed by atoms with Gasteiger partial charge >= 0.3 is 0 Å². The quantitative estimate of drug-likeness (QED) is 0.695. The second-order valence-electron chi connectivity index (χ2n) is 6.52. The highest BCUT2D eigenvalue weighted by molar-refractivity contribution is 7.89. The summed E-state index contributed by atoms with van der Waals surface area (Å²) in [4.78, 5) is 12.7. The van der Waals surface area contributed by atoms with Crippen LogP contribution in [-0.2, 0) is 16.6 Å². The van der Waals surface area contributed by atoms with Gasteiger partial charge in [-0.2, -0.15) is 0 Å². The summed E-state index contributed by atoms with van der Waals surface area (Å²) in [6.07, 6.45) is 0. The maximum Gasteiger partial charge on any atom is 0.251 e. The third kappa shape index (κ3) is 4.30. The number of hydrogen-bond donors (Lipinski definition) is 1. The summed E-state index contributed by atoms with van der Waals surface area (Å²) in [5, 5.41) is 2.80. The minimum atomic E-state index is -3.57. The van der Waals surface area contributed by atoms with Crippen LogP contribution in [0.25, 0.3) is 11.1 Å². The highest BCUT2D eigenvalue weighted by atomic mass is 32.2. The fourth-order valence-corrected chi connectivity index (χ4v) is 3.94. The monoisotopic (exact) mass is 394 g/mol. The van der Waals surface area contributed by atoms with E-state index in [4.69, 9.17) is 0 Å². The molecular formula is C22H22N2O3S. The maximum atomic E-state index is 12.5. The largest absolute Gasteiger partial charge is 0.348 e. The van der Waals surface area contributed by atoms with Crippen molar-refractivity contribution in [1.29, 1.82) is 0 Å². The predicted molar refractivity (Wildman–Crippen MR) is 110 cm³/mol. The lowest BCUT2D eigenvalue weighted by Gasteiger charge is -2.15. The molecule has 0 unspecified atom stereocenters. The first kappa shape index (κ1) is 19.8. The lowest BCUT2D eigenvalue weighted by atomic mass is 10.0. The van der Waals surface area contributed by atoms with Crippen molar-refractivity contribution in [2.75, 3.05) is 14.1 Å². The number of rotatable bonds is 6. The Morgan fingerprint density at radius 3 is 2.04 bits per heavy atom. The van der Waals surface area contributed by atoms with Crippen LogP contribution in [0.1, 0.15) is 15.9 Å². The fraction of sp³-hybridized carbons (Fsp3) is 0.136. The molecular weight excluding hydrogens is 372 g/mol. The molecule has 0 bridgehead atoms. The highest BCUT2D eigenvalue weighted by Crippen LogP contribution is 2.20. The van der Waals surface area contributed by atoms with E-state index in [1.165, 1.54) is 14.1 Å². The fourth-order valence-electron chi connectivity index (χ4n) is 2.82. The van der Waals surface area contributed by atoms with Gasteiger partial charge in [-0.3, -0.25) is 4.79 Å². The molecule has 0 atom stereocenters. The van der Waals surface area contributed by atoms with Crippen molar-refractivity contribution in [3.8, 4) is 11.1 Å². The van der Waals surface area contributed by atoms with Crippen LogP contribution in [0, 0.1) is 0 Å². The summed E-state index contributed by atoms with van der Waals surface area (Å²) in [5.74, 6) is -0.253. The molecule has 0 aliphatic heterocycles. The van der Waals surface area contributed by atoms with Crippen LogP contribution in [0.5, 0.6) is 0 Å². The molecule has 0 heterocycles. The van der Waals surface area contributed by atoms with E-state index in [1.807, 2.05) is 42.5 Å². The number of hydrogen-bond acceptors (Lipinski definition) is 3. The van der Waals surface area contributed by atoms with Gasteiger partial charge in [0.1, 0.15) is 0 Å². The van der Waals surface area contributed by atoms with Crippen LogP contribution in [-0.4, -0.2) is 32.7 Å². The van der Waals surface area contributed by atoms with Gasteiger partial charge < -0.3 is 5.32 Å². The van der Waals surface area contributed by atoms with Gasteiger partial charge in [0.15, 0.2) is 0 Å². The third-order valence-electron chi connectivity index (χ3n) is 4.42. The normalized spacial score (nSPS) is 11.4. The van der Waals surface area contributed by atoms with Crippen molar-refractivity contribution < 1.29 is 13.2 Å². The van der Waals surface area contributed by atoms with Crippen LogP contribution in [0.3, 0.4) is 0 Å². The van der Waals surface area contributed by atoms with Gasteiger partial charge in [-0.05, 0) is 34.9 Å². The molecule has 0 aromatic heterocycles. The third-order valence-corrected chi connectivity index (χ3v) is 6.34. The standard InChI is InChI=1S/C22H22N2O3S/c1-24(2)28(26,27)21-11-7-6-10-20(21)16-23-22(25)19-14-12-18(13-15-19)17-8-4-3-5-9-17/h3-15H,16H2,1-2H3,(H,23,25). The Bertz CT molecular complexity index is 1060. The first-order valence-electron chi connectivity index (χ1n) is 8.84. The zero-order valence-electron chi connectivity index (χ0n) is 15.8. The molecule has 1 N–H and O–H groups in total. The number of amides is 1. The van der Waals surface area contributed by atoms with Crippen LogP contribution >= 0.6 is 0 Å². The summed E-state index contributed by atoms with van der Waals surface area (Å²) < 4.78 is 26.1. The van der Waals surface area contributed by atoms with Gasteiger partial charge in [-0.25, -0.2) is 12.7 Å². The van der Waals surface area contributed by atoms with E-state index in [9.17, 15) is 13.2 Å². The number of carbonyl (C=O) groups excluding carboxylic acids is 1. The zero-order chi connectivity index (χ0) is 20.1. The number of benzene rings is 3. The van der Waals surface area contributed by atoms with Crippen molar-refractivity contribution >= 4 is 15.9 Å². The molecule has 144 valence electrons. The molecule has 0 fully saturated rings. The molecule has 0 saturated carbocycles. The van der Waals surface area contributed by atoms with E-state index < -0.39 is 10.0 Å². The van der Waals surface area contributed by atoms with Crippen LogP contribution < -0.4 is 5.32 Å². The Kier molecular flexibility index (Phi) is 5.92. The van der Waals surface area contributed by atoms with Crippen LogP contribution in [0.15, 0.2) is 83.8 Å². The van der Waals surface area contributed by atoms with Crippen molar-refractivity contribution in [3.63, 3.8) is 0 Å². The van der Waals surface area contributed by atoms with Gasteiger partial charge in [0.25, 0.3) is 5.91 Å². The molecule has 0 saturated heterocycles. The van der Waals surface area contributed by atoms with Crippen molar-refractivity contribution in [2.45, 2.75) is 11.4 Å². The molecule has 28 heavy (non-hydrogen) atoms. The first-order valence-corrected chi connectivity index (χ1v) is 10.3. The average Bonchev–Trinajstić information content (AvgIpc) is 2.73. The SMILES string of the molecule is CN(C)S(=O)(=O)c1ccccc1CNC(=O)c1ccc(-c2ccccc2)cc1. The molecule has 3 rings (SSSR count). The summed E-state index contributed by atoms with van der Waals surface area (Å²) >= 11 is 0. The molecule has 5 nitrogen and oxygen atoms in total. The molecule has 1 amide bonds. The highest BCUT2D eigenvalue weighted by Gasteiger charge is 2.20. The van der Waals surface area contributed by atoms with Gasteiger partial charge in [0, 0.05) is 26.2 Å². The van der Waals surface area contributed by atoms with E-state index >= 15 is 0 Å². The second kappa shape index (κ2) is 8.37. The average molecular weight is 394 g/mol. The lowest BCUT2D eigenvalue weighted by molar-refractivity contribution is 0.0950. The van der Waals surface area contributed by atoms with Gasteiger partial charge in [0.2, 0.25) is 10.0 Å². The van der Waals surface area contributed by atoms with Crippen molar-refractivity contribution in [2.24, 2.45) is 0 Å². The van der Waals surface area contributed by atoms with E-state index in [0.717, 1.165) is 15.4 Å². The Hall–Kier alpha value is -2.96. The minimum Gasteiger partial charge on any atom is -0.348 e. The van der Waals surface area contributed by atoms with E-state index in [-0.39, 0.29) is 17.3 Å². The topological polar surface area (TPSA) is 66.5 Å². The summed E-state index contributed by atoms with van der Waals surface area (Å²) in [6, 6.07) is 23.9. The zero-order valence-corrected chi connectivity index (χ0v) is 16.6. The van der Waals surface area contributed by atoms with E-state index in [1.54, 1.807) is 36.4 Å². The molecule has 0 radical (unpaired) electrons. The lowest BCUT2D eigenvalue weighted by Crippen LogP contribution is -2.27. The van der Waals surface area contributed by atoms with Crippen LogP contribution in [0.2, 0.25) is 0 Å². The molecule has 6 heteroatoms. The maximum absolute atomic E-state index is 12.5. The van der Waals surface area contributed by atoms with Gasteiger partial charge in [-0.1, -0.05) is 60.7 Å². The number of carbonyl (C=O) groups is 1. The Morgan fingerprint density at radius 2 is 1.39 bits per heavy atom. The molecule has 3 aromatic carbocycles. The molecule has 3 aromatic rings. The van der Waals surface area contributed by atoms with Gasteiger partial charge in [0.05, 0.1) is 4.90 Å². The van der Waals surface area contributed by atoms with E-state index in [2.05, 4.69) is 5.32 Å². The predicted octanol–water partition coefficient (Wildman–Crippen LogP) is 3.53. The molecule has 0 aliphatic rings. The number of nitrogens with one attached hydrogen (secondary N) is 1. The van der Waals surface area contributed by atoms with E-state index in [0.29, 0.717) is 11.1 Å². The van der Waals surface area contributed by atoms with Gasteiger partial charge in [-0.15, -0.1) is 0 Å². The van der Waals surface area contributed by atoms with Crippen LogP contribution in [0.4, 0.5) is 0 Å². The minimum absolute atomic E-state index is 0.127. The smallest absolute Gasteiger partial charge is 0.251 e. The second-order valence-corrected chi connectivity index (χ2v) is 8.64. The summed E-state index contributed by atoms with van der Waals surface area (Å²) in [5.41, 5.74) is 3.18. The van der Waals surface area contributed by atoms with Crippen molar-refractivity contribution in [3.05, 3.63) is 90.0 Å². The summed E-state index contributed by atoms with van der Waals surface area (Å²) in [7, 11) is -0.604. The Morgan fingerprint density at radius 1 is 0.821 bits per heavy atom. The Labute approximate surface area is 165 Å². The van der Waals surface area contributed by atoms with Crippen molar-refractivity contribution in [1.82, 2.24) is 9.62 Å². The Balaban J connectivity index is 1.73. The molecule has 0 spiro atoms. The number of sulfonamides is 1. The number of nitrogens with zero attached hydrogens (tertiary/aromatic N) is 1. The first-order chi connectivity index (χ1) is 13.4.